The minimum absolute atomic E-state index is 0.280. The summed E-state index contributed by atoms with van der Waals surface area (Å²) in [5.74, 6) is 0.258. The molecule has 0 saturated carbocycles. The Hall–Kier alpha value is -1.23. The van der Waals surface area contributed by atoms with Crippen molar-refractivity contribution in [2.75, 3.05) is 5.32 Å². The van der Waals surface area contributed by atoms with E-state index >= 15 is 0 Å². The first-order valence-corrected chi connectivity index (χ1v) is 7.69. The third-order valence-corrected chi connectivity index (χ3v) is 4.32. The average Bonchev–Trinajstić information content (AvgIpc) is 2.44. The Labute approximate surface area is 141 Å². The largest absolute Gasteiger partial charge is 0.481 e. The Morgan fingerprint density at radius 1 is 1.24 bits per heavy atom. The van der Waals surface area contributed by atoms with Crippen LogP contribution in [-0.2, 0) is 4.79 Å². The van der Waals surface area contributed by atoms with E-state index in [-0.39, 0.29) is 5.91 Å². The van der Waals surface area contributed by atoms with Crippen LogP contribution in [0, 0.1) is 0 Å². The highest BCUT2D eigenvalue weighted by atomic mass is 79.9. The van der Waals surface area contributed by atoms with Gasteiger partial charge in [-0.05, 0) is 53.2 Å². The van der Waals surface area contributed by atoms with Gasteiger partial charge in [0, 0.05) is 5.02 Å². The molecule has 3 nitrogen and oxygen atoms in total. The third kappa shape index (κ3) is 4.37. The number of benzene rings is 2. The Bertz CT molecular complexity index is 664. The molecule has 0 bridgehead atoms. The molecule has 110 valence electrons. The average molecular weight is 389 g/mol. The first-order chi connectivity index (χ1) is 9.97. The van der Waals surface area contributed by atoms with E-state index in [4.69, 9.17) is 27.9 Å². The van der Waals surface area contributed by atoms with E-state index in [0.717, 1.165) is 0 Å². The van der Waals surface area contributed by atoms with Crippen LogP contribution in [-0.4, -0.2) is 12.0 Å². The maximum absolute atomic E-state index is 12.1. The number of amides is 1. The number of rotatable bonds is 4. The first kappa shape index (κ1) is 16.1. The number of hydrogen-bond donors (Lipinski definition) is 1. The van der Waals surface area contributed by atoms with Crippen molar-refractivity contribution in [3.8, 4) is 5.75 Å². The van der Waals surface area contributed by atoms with Crippen molar-refractivity contribution >= 4 is 50.7 Å². The molecule has 1 N–H and O–H groups in total. The molecule has 0 saturated heterocycles. The molecule has 1 atom stereocenters. The zero-order valence-corrected chi connectivity index (χ0v) is 14.2. The predicted octanol–water partition coefficient (Wildman–Crippen LogP) is 5.16. The molecule has 0 aliphatic rings. The highest BCUT2D eigenvalue weighted by Gasteiger charge is 2.16. The summed E-state index contributed by atoms with van der Waals surface area (Å²) in [6.45, 7) is 1.66. The van der Waals surface area contributed by atoms with E-state index in [1.54, 1.807) is 49.4 Å². The van der Waals surface area contributed by atoms with Crippen molar-refractivity contribution in [1.29, 1.82) is 0 Å². The fraction of sp³-hybridized carbons (Fsp3) is 0.133. The van der Waals surface area contributed by atoms with Gasteiger partial charge in [-0.3, -0.25) is 4.79 Å². The molecule has 0 radical (unpaired) electrons. The molecule has 0 aliphatic heterocycles. The molecular formula is C15H12BrCl2NO2. The van der Waals surface area contributed by atoms with Crippen molar-refractivity contribution < 1.29 is 9.53 Å². The molecule has 0 spiro atoms. The van der Waals surface area contributed by atoms with Gasteiger partial charge in [-0.25, -0.2) is 0 Å². The fourth-order valence-electron chi connectivity index (χ4n) is 1.63. The van der Waals surface area contributed by atoms with Crippen LogP contribution >= 0.6 is 39.1 Å². The Kier molecular flexibility index (Phi) is 5.51. The monoisotopic (exact) mass is 387 g/mol. The Balaban J connectivity index is 2.04. The smallest absolute Gasteiger partial charge is 0.265 e. The van der Waals surface area contributed by atoms with E-state index in [1.807, 2.05) is 0 Å². The molecular weight excluding hydrogens is 377 g/mol. The SMILES string of the molecule is CC(Oc1cccc(Cl)c1)C(=O)Nc1cccc(Cl)c1Br. The lowest BCUT2D eigenvalue weighted by molar-refractivity contribution is -0.122. The van der Waals surface area contributed by atoms with E-state index in [1.165, 1.54) is 0 Å². The second kappa shape index (κ2) is 7.16. The van der Waals surface area contributed by atoms with Gasteiger partial charge < -0.3 is 10.1 Å². The number of anilines is 1. The number of nitrogens with one attached hydrogen (secondary N) is 1. The second-order valence-electron chi connectivity index (χ2n) is 4.31. The standard InChI is InChI=1S/C15H12BrCl2NO2/c1-9(21-11-5-2-4-10(17)8-11)15(20)19-13-7-3-6-12(18)14(13)16/h2-9H,1H3,(H,19,20). The van der Waals surface area contributed by atoms with Crippen molar-refractivity contribution in [2.45, 2.75) is 13.0 Å². The topological polar surface area (TPSA) is 38.3 Å². The first-order valence-electron chi connectivity index (χ1n) is 6.14. The fourth-order valence-corrected chi connectivity index (χ4v) is 2.35. The number of carbonyl (C=O) groups excluding carboxylic acids is 1. The van der Waals surface area contributed by atoms with Crippen LogP contribution < -0.4 is 10.1 Å². The van der Waals surface area contributed by atoms with Crippen LogP contribution in [0.2, 0.25) is 10.0 Å². The molecule has 2 aromatic carbocycles. The molecule has 6 heteroatoms. The Morgan fingerprint density at radius 3 is 2.67 bits per heavy atom. The number of hydrogen-bond acceptors (Lipinski definition) is 2. The zero-order valence-electron chi connectivity index (χ0n) is 11.1. The normalized spacial score (nSPS) is 11.8. The molecule has 21 heavy (non-hydrogen) atoms. The van der Waals surface area contributed by atoms with Gasteiger partial charge in [0.1, 0.15) is 5.75 Å². The minimum atomic E-state index is -0.672. The lowest BCUT2D eigenvalue weighted by atomic mass is 10.3. The van der Waals surface area contributed by atoms with Crippen LogP contribution in [0.5, 0.6) is 5.75 Å². The van der Waals surface area contributed by atoms with Crippen molar-refractivity contribution in [2.24, 2.45) is 0 Å². The van der Waals surface area contributed by atoms with Gasteiger partial charge in [-0.2, -0.15) is 0 Å². The van der Waals surface area contributed by atoms with Gasteiger partial charge in [0.15, 0.2) is 6.10 Å². The third-order valence-electron chi connectivity index (χ3n) is 2.69. The summed E-state index contributed by atoms with van der Waals surface area (Å²) in [7, 11) is 0. The summed E-state index contributed by atoms with van der Waals surface area (Å²) in [5, 5.41) is 3.84. The highest BCUT2D eigenvalue weighted by molar-refractivity contribution is 9.10. The summed E-state index contributed by atoms with van der Waals surface area (Å²) in [4.78, 5) is 12.1. The second-order valence-corrected chi connectivity index (χ2v) is 5.94. The summed E-state index contributed by atoms with van der Waals surface area (Å²) < 4.78 is 6.19. The molecule has 0 heterocycles. The number of carbonyl (C=O) groups is 1. The maximum atomic E-state index is 12.1. The predicted molar refractivity (Wildman–Crippen MR) is 89.3 cm³/mol. The molecule has 2 rings (SSSR count). The van der Waals surface area contributed by atoms with E-state index < -0.39 is 6.10 Å². The van der Waals surface area contributed by atoms with Gasteiger partial charge in [0.25, 0.3) is 5.91 Å². The van der Waals surface area contributed by atoms with E-state index in [9.17, 15) is 4.79 Å². The summed E-state index contributed by atoms with van der Waals surface area (Å²) >= 11 is 15.2. The highest BCUT2D eigenvalue weighted by Crippen LogP contribution is 2.30. The van der Waals surface area contributed by atoms with Crippen LogP contribution in [0.15, 0.2) is 46.9 Å². The van der Waals surface area contributed by atoms with Crippen molar-refractivity contribution in [3.05, 3.63) is 57.0 Å². The minimum Gasteiger partial charge on any atom is -0.481 e. The van der Waals surface area contributed by atoms with Crippen LogP contribution in [0.4, 0.5) is 5.69 Å². The zero-order chi connectivity index (χ0) is 15.4. The molecule has 1 amide bonds. The van der Waals surface area contributed by atoms with Crippen LogP contribution in [0.1, 0.15) is 6.92 Å². The van der Waals surface area contributed by atoms with Gasteiger partial charge in [-0.1, -0.05) is 35.3 Å². The van der Waals surface area contributed by atoms with Crippen molar-refractivity contribution in [1.82, 2.24) is 0 Å². The van der Waals surface area contributed by atoms with Crippen LogP contribution in [0.3, 0.4) is 0 Å². The summed E-state index contributed by atoms with van der Waals surface area (Å²) in [6, 6.07) is 12.1. The quantitative estimate of drug-likeness (QED) is 0.785. The Morgan fingerprint density at radius 2 is 1.95 bits per heavy atom. The number of halogens is 3. The summed E-state index contributed by atoms with van der Waals surface area (Å²) in [5.41, 5.74) is 0.592. The van der Waals surface area contributed by atoms with Gasteiger partial charge in [0.2, 0.25) is 0 Å². The van der Waals surface area contributed by atoms with E-state index in [2.05, 4.69) is 21.2 Å². The maximum Gasteiger partial charge on any atom is 0.265 e. The molecule has 0 fully saturated rings. The molecule has 2 aromatic rings. The van der Waals surface area contributed by atoms with Gasteiger partial charge in [0.05, 0.1) is 15.2 Å². The van der Waals surface area contributed by atoms with Gasteiger partial charge in [-0.15, -0.1) is 0 Å². The van der Waals surface area contributed by atoms with Crippen LogP contribution in [0.25, 0.3) is 0 Å². The van der Waals surface area contributed by atoms with E-state index in [0.29, 0.717) is 26.0 Å². The van der Waals surface area contributed by atoms with Crippen molar-refractivity contribution in [3.63, 3.8) is 0 Å². The molecule has 0 aromatic heterocycles. The molecule has 0 aliphatic carbocycles. The summed E-state index contributed by atoms with van der Waals surface area (Å²) in [6.07, 6.45) is -0.672. The van der Waals surface area contributed by atoms with Gasteiger partial charge >= 0.3 is 0 Å². The number of ether oxygens (including phenoxy) is 1. The lowest BCUT2D eigenvalue weighted by Gasteiger charge is -2.15. The molecule has 1 unspecified atom stereocenters. The lowest BCUT2D eigenvalue weighted by Crippen LogP contribution is -2.30.